The number of carboxylic acid groups (broad SMARTS) is 1. The van der Waals surface area contributed by atoms with Crippen LogP contribution in [-0.2, 0) is 11.8 Å². The molecule has 0 atom stereocenters. The smallest absolute Gasteiger partial charge is 0.313 e. The summed E-state index contributed by atoms with van der Waals surface area (Å²) >= 11 is 6.67. The molecule has 0 aliphatic carbocycles. The monoisotopic (exact) mass is 234 g/mol. The fourth-order valence-electron chi connectivity index (χ4n) is 0.736. The summed E-state index contributed by atoms with van der Waals surface area (Å²) in [5.74, 6) is -1.11. The fraction of sp³-hybridized carbons (Fsp3) is 0.286. The van der Waals surface area contributed by atoms with Crippen LogP contribution in [0.15, 0.2) is 15.9 Å². The van der Waals surface area contributed by atoms with E-state index in [1.165, 1.54) is 13.2 Å². The summed E-state index contributed by atoms with van der Waals surface area (Å²) < 4.78 is 1.09. The van der Waals surface area contributed by atoms with E-state index in [9.17, 15) is 9.59 Å². The molecular formula is C7H7ClN2O3S. The van der Waals surface area contributed by atoms with Crippen molar-refractivity contribution in [3.63, 3.8) is 0 Å². The highest BCUT2D eigenvalue weighted by Gasteiger charge is 2.09. The molecule has 0 spiro atoms. The highest BCUT2D eigenvalue weighted by Crippen LogP contribution is 2.22. The molecule has 1 rings (SSSR count). The van der Waals surface area contributed by atoms with Crippen molar-refractivity contribution in [2.24, 2.45) is 7.05 Å². The lowest BCUT2D eigenvalue weighted by molar-refractivity contribution is -0.133. The van der Waals surface area contributed by atoms with Crippen LogP contribution in [-0.4, -0.2) is 26.6 Å². The molecule has 0 aliphatic rings. The van der Waals surface area contributed by atoms with Crippen LogP contribution in [0.1, 0.15) is 0 Å². The average molecular weight is 235 g/mol. The van der Waals surface area contributed by atoms with Crippen molar-refractivity contribution in [1.29, 1.82) is 0 Å². The van der Waals surface area contributed by atoms with E-state index in [4.69, 9.17) is 16.7 Å². The molecule has 0 aromatic carbocycles. The predicted octanol–water partition coefficient (Wildman–Crippen LogP) is 0.610. The molecule has 0 aliphatic heterocycles. The van der Waals surface area contributed by atoms with Gasteiger partial charge in [0.15, 0.2) is 0 Å². The second kappa shape index (κ2) is 4.47. The number of rotatable bonds is 3. The molecule has 1 heterocycles. The second-order valence-electron chi connectivity index (χ2n) is 2.43. The van der Waals surface area contributed by atoms with Crippen LogP contribution in [0.25, 0.3) is 0 Å². The summed E-state index contributed by atoms with van der Waals surface area (Å²) in [6, 6.07) is 0. The molecule has 1 aromatic rings. The normalized spacial score (nSPS) is 10.1. The maximum Gasteiger partial charge on any atom is 0.313 e. The minimum Gasteiger partial charge on any atom is -0.481 e. The van der Waals surface area contributed by atoms with Gasteiger partial charge in [-0.1, -0.05) is 11.6 Å². The van der Waals surface area contributed by atoms with Gasteiger partial charge in [0.1, 0.15) is 5.02 Å². The number of halogens is 1. The number of carboxylic acids is 1. The standard InChI is InChI=1S/C7H7ClN2O3S/c1-10-7(13)6(8)4(2-9-10)14-3-5(11)12/h2H,3H2,1H3,(H,11,12). The van der Waals surface area contributed by atoms with Crippen molar-refractivity contribution < 1.29 is 9.90 Å². The van der Waals surface area contributed by atoms with Crippen molar-refractivity contribution in [2.45, 2.75) is 4.90 Å². The van der Waals surface area contributed by atoms with Gasteiger partial charge in [-0.25, -0.2) is 4.68 Å². The third-order valence-corrected chi connectivity index (χ3v) is 2.89. The third kappa shape index (κ3) is 2.49. The molecule has 0 radical (unpaired) electrons. The fourth-order valence-corrected chi connectivity index (χ4v) is 1.69. The number of carbonyl (C=O) groups is 1. The number of nitrogens with zero attached hydrogens (tertiary/aromatic N) is 2. The van der Waals surface area contributed by atoms with Gasteiger partial charge in [-0.15, -0.1) is 11.8 Å². The van der Waals surface area contributed by atoms with Crippen LogP contribution in [0.4, 0.5) is 0 Å². The topological polar surface area (TPSA) is 72.2 Å². The summed E-state index contributed by atoms with van der Waals surface area (Å²) in [5.41, 5.74) is -0.429. The van der Waals surface area contributed by atoms with Gasteiger partial charge in [-0.05, 0) is 0 Å². The molecule has 1 aromatic heterocycles. The van der Waals surface area contributed by atoms with Gasteiger partial charge in [0.05, 0.1) is 16.8 Å². The SMILES string of the molecule is Cn1ncc(SCC(=O)O)c(Cl)c1=O. The maximum absolute atomic E-state index is 11.2. The van der Waals surface area contributed by atoms with Crippen LogP contribution in [0.2, 0.25) is 5.02 Å². The minimum atomic E-state index is -0.966. The lowest BCUT2D eigenvalue weighted by atomic mass is 10.6. The van der Waals surface area contributed by atoms with Crippen LogP contribution in [0.3, 0.4) is 0 Å². The van der Waals surface area contributed by atoms with E-state index in [1.807, 2.05) is 0 Å². The van der Waals surface area contributed by atoms with E-state index in [-0.39, 0.29) is 10.8 Å². The van der Waals surface area contributed by atoms with Gasteiger partial charge in [-0.3, -0.25) is 9.59 Å². The number of hydrogen-bond acceptors (Lipinski definition) is 4. The number of aryl methyl sites for hydroxylation is 1. The van der Waals surface area contributed by atoms with Gasteiger partial charge >= 0.3 is 5.97 Å². The van der Waals surface area contributed by atoms with E-state index < -0.39 is 11.5 Å². The Morgan fingerprint density at radius 3 is 3.00 bits per heavy atom. The van der Waals surface area contributed by atoms with E-state index in [2.05, 4.69) is 5.10 Å². The first-order valence-electron chi connectivity index (χ1n) is 3.58. The first-order valence-corrected chi connectivity index (χ1v) is 4.95. The molecule has 0 bridgehead atoms. The highest BCUT2D eigenvalue weighted by atomic mass is 35.5. The van der Waals surface area contributed by atoms with E-state index >= 15 is 0 Å². The molecule has 0 fully saturated rings. The minimum absolute atomic E-state index is 0.00810. The zero-order valence-corrected chi connectivity index (χ0v) is 8.80. The molecule has 0 unspecified atom stereocenters. The Labute approximate surface area is 88.7 Å². The van der Waals surface area contributed by atoms with E-state index in [0.29, 0.717) is 4.90 Å². The van der Waals surface area contributed by atoms with Crippen LogP contribution in [0.5, 0.6) is 0 Å². The highest BCUT2D eigenvalue weighted by molar-refractivity contribution is 8.00. The Morgan fingerprint density at radius 2 is 2.43 bits per heavy atom. The summed E-state index contributed by atoms with van der Waals surface area (Å²) in [7, 11) is 1.47. The Morgan fingerprint density at radius 1 is 1.79 bits per heavy atom. The van der Waals surface area contributed by atoms with Crippen molar-refractivity contribution in [3.8, 4) is 0 Å². The molecule has 0 saturated heterocycles. The van der Waals surface area contributed by atoms with Crippen molar-refractivity contribution >= 4 is 29.3 Å². The maximum atomic E-state index is 11.2. The van der Waals surface area contributed by atoms with Gasteiger partial charge in [0.25, 0.3) is 5.56 Å². The van der Waals surface area contributed by atoms with Gasteiger partial charge in [0.2, 0.25) is 0 Å². The lowest BCUT2D eigenvalue weighted by Crippen LogP contribution is -2.20. The Bertz CT molecular complexity index is 418. The van der Waals surface area contributed by atoms with Crippen LogP contribution in [0, 0.1) is 0 Å². The first-order chi connectivity index (χ1) is 6.52. The number of aliphatic carboxylic acids is 1. The number of hydrogen-bond donors (Lipinski definition) is 1. The second-order valence-corrected chi connectivity index (χ2v) is 3.83. The van der Waals surface area contributed by atoms with Crippen molar-refractivity contribution in [3.05, 3.63) is 21.6 Å². The Hall–Kier alpha value is -1.01. The molecule has 7 heteroatoms. The number of aromatic nitrogens is 2. The molecule has 1 N–H and O–H groups in total. The summed E-state index contributed by atoms with van der Waals surface area (Å²) in [6.07, 6.45) is 1.37. The third-order valence-electron chi connectivity index (χ3n) is 1.40. The van der Waals surface area contributed by atoms with Gasteiger partial charge < -0.3 is 5.11 Å². The summed E-state index contributed by atoms with van der Waals surface area (Å²) in [4.78, 5) is 21.9. The van der Waals surface area contributed by atoms with E-state index in [1.54, 1.807) is 0 Å². The van der Waals surface area contributed by atoms with Gasteiger partial charge in [0, 0.05) is 7.05 Å². The largest absolute Gasteiger partial charge is 0.481 e. The van der Waals surface area contributed by atoms with Crippen LogP contribution < -0.4 is 5.56 Å². The molecular weight excluding hydrogens is 228 g/mol. The number of thioether (sulfide) groups is 1. The quantitative estimate of drug-likeness (QED) is 0.776. The zero-order valence-electron chi connectivity index (χ0n) is 7.23. The molecule has 76 valence electrons. The summed E-state index contributed by atoms with van der Waals surface area (Å²) in [5, 5.41) is 12.2. The average Bonchev–Trinajstić information content (AvgIpc) is 2.13. The first kappa shape index (κ1) is 11.1. The molecule has 0 saturated carbocycles. The van der Waals surface area contributed by atoms with E-state index in [0.717, 1.165) is 16.4 Å². The van der Waals surface area contributed by atoms with Crippen molar-refractivity contribution in [1.82, 2.24) is 9.78 Å². The Balaban J connectivity index is 2.94. The summed E-state index contributed by atoms with van der Waals surface area (Å²) in [6.45, 7) is 0. The lowest BCUT2D eigenvalue weighted by Gasteiger charge is -2.02. The molecule has 5 nitrogen and oxygen atoms in total. The van der Waals surface area contributed by atoms with Crippen LogP contribution >= 0.6 is 23.4 Å². The molecule has 0 amide bonds. The predicted molar refractivity (Wildman–Crippen MR) is 52.8 cm³/mol. The van der Waals surface area contributed by atoms with Crippen molar-refractivity contribution in [2.75, 3.05) is 5.75 Å². The van der Waals surface area contributed by atoms with Gasteiger partial charge in [-0.2, -0.15) is 5.10 Å². The zero-order chi connectivity index (χ0) is 10.7. The molecule has 14 heavy (non-hydrogen) atoms. The Kier molecular flexibility index (Phi) is 3.54.